The number of hydrogen-bond donors (Lipinski definition) is 0. The van der Waals surface area contributed by atoms with Crippen molar-refractivity contribution < 1.29 is 4.21 Å². The third kappa shape index (κ3) is 10.2. The molecule has 0 rings (SSSR count). The van der Waals surface area contributed by atoms with Gasteiger partial charge < -0.3 is 0 Å². The summed E-state index contributed by atoms with van der Waals surface area (Å²) >= 11 is 0. The van der Waals surface area contributed by atoms with Gasteiger partial charge in [-0.25, -0.2) is 0 Å². The molecule has 0 saturated carbocycles. The van der Waals surface area contributed by atoms with Gasteiger partial charge >= 0.3 is 0 Å². The molecule has 0 aliphatic heterocycles. The van der Waals surface area contributed by atoms with Crippen molar-refractivity contribution in [3.05, 3.63) is 0 Å². The molecule has 0 aromatic rings. The fourth-order valence-corrected chi connectivity index (χ4v) is 1.87. The van der Waals surface area contributed by atoms with Crippen LogP contribution in [0.2, 0.25) is 0 Å². The molecule has 0 N–H and O–H groups in total. The highest BCUT2D eigenvalue weighted by atomic mass is 32.2. The van der Waals surface area contributed by atoms with Gasteiger partial charge in [-0.1, -0.05) is 45.4 Å². The van der Waals surface area contributed by atoms with E-state index in [2.05, 4.69) is 6.92 Å². The van der Waals surface area contributed by atoms with Crippen LogP contribution >= 0.6 is 0 Å². The van der Waals surface area contributed by atoms with Gasteiger partial charge in [-0.05, 0) is 6.42 Å². The Balaban J connectivity index is 2.86. The lowest BCUT2D eigenvalue weighted by Gasteiger charge is -1.99. The normalized spacial score (nSPS) is 13.2. The minimum Gasteiger partial charge on any atom is -0.260 e. The summed E-state index contributed by atoms with van der Waals surface area (Å²) < 4.78 is 10.7. The molecule has 0 aromatic heterocycles. The molecule has 0 aliphatic carbocycles. The van der Waals surface area contributed by atoms with Crippen LogP contribution in [0.4, 0.5) is 0 Å². The van der Waals surface area contributed by atoms with E-state index in [0.29, 0.717) is 0 Å². The lowest BCUT2D eigenvalue weighted by molar-refractivity contribution is 0.601. The van der Waals surface area contributed by atoms with E-state index in [0.717, 1.165) is 12.2 Å². The molecule has 1 unspecified atom stereocenters. The van der Waals surface area contributed by atoms with Crippen molar-refractivity contribution in [1.29, 1.82) is 0 Å². The van der Waals surface area contributed by atoms with Gasteiger partial charge in [-0.15, -0.1) is 0 Å². The highest BCUT2D eigenvalue weighted by molar-refractivity contribution is 7.84. The first-order chi connectivity index (χ1) is 5.77. The van der Waals surface area contributed by atoms with Crippen LogP contribution in [-0.2, 0) is 10.8 Å². The van der Waals surface area contributed by atoms with E-state index < -0.39 is 10.8 Å². The molecule has 0 fully saturated rings. The Bertz CT molecular complexity index is 112. The Morgan fingerprint density at radius 1 is 0.917 bits per heavy atom. The van der Waals surface area contributed by atoms with Crippen LogP contribution in [0.3, 0.4) is 0 Å². The second-order valence-electron chi connectivity index (χ2n) is 3.40. The maximum Gasteiger partial charge on any atom is 0.0232 e. The predicted molar refractivity (Wildman–Crippen MR) is 56.9 cm³/mol. The molecule has 0 aromatic carbocycles. The number of rotatable bonds is 8. The topological polar surface area (TPSA) is 17.1 Å². The highest BCUT2D eigenvalue weighted by Crippen LogP contribution is 2.06. The van der Waals surface area contributed by atoms with Gasteiger partial charge in [0.2, 0.25) is 0 Å². The zero-order valence-corrected chi connectivity index (χ0v) is 9.29. The summed E-state index contributed by atoms with van der Waals surface area (Å²) in [5, 5.41) is 0. The van der Waals surface area contributed by atoms with E-state index in [1.54, 1.807) is 6.26 Å². The standard InChI is InChI=1S/C10H22OS/c1-3-4-5-6-7-8-9-10-12(2)11/h3-10H2,1-2H3. The SMILES string of the molecule is CCCCCCCCCS(C)=O. The summed E-state index contributed by atoms with van der Waals surface area (Å²) in [7, 11) is -0.574. The average Bonchev–Trinajstić information content (AvgIpc) is 2.02. The molecule has 1 atom stereocenters. The zero-order valence-electron chi connectivity index (χ0n) is 8.47. The first-order valence-corrected chi connectivity index (χ1v) is 6.80. The molecule has 0 saturated heterocycles. The van der Waals surface area contributed by atoms with Gasteiger partial charge in [0.15, 0.2) is 0 Å². The fraction of sp³-hybridized carbons (Fsp3) is 1.00. The van der Waals surface area contributed by atoms with Crippen molar-refractivity contribution in [1.82, 2.24) is 0 Å². The van der Waals surface area contributed by atoms with Gasteiger partial charge in [0.25, 0.3) is 0 Å². The molecule has 0 aliphatic rings. The number of hydrogen-bond acceptors (Lipinski definition) is 1. The first-order valence-electron chi connectivity index (χ1n) is 5.07. The average molecular weight is 190 g/mol. The van der Waals surface area contributed by atoms with E-state index >= 15 is 0 Å². The molecular weight excluding hydrogens is 168 g/mol. The monoisotopic (exact) mass is 190 g/mol. The highest BCUT2D eigenvalue weighted by Gasteiger charge is 1.92. The van der Waals surface area contributed by atoms with Crippen molar-refractivity contribution >= 4 is 10.8 Å². The molecule has 74 valence electrons. The lowest BCUT2D eigenvalue weighted by atomic mass is 10.1. The van der Waals surface area contributed by atoms with Crippen molar-refractivity contribution in [2.75, 3.05) is 12.0 Å². The minimum atomic E-state index is -0.574. The molecule has 0 heterocycles. The van der Waals surface area contributed by atoms with Crippen LogP contribution in [0.25, 0.3) is 0 Å². The van der Waals surface area contributed by atoms with Gasteiger partial charge in [-0.3, -0.25) is 4.21 Å². The minimum absolute atomic E-state index is 0.574. The van der Waals surface area contributed by atoms with Crippen LogP contribution < -0.4 is 0 Å². The Morgan fingerprint density at radius 3 is 1.92 bits per heavy atom. The van der Waals surface area contributed by atoms with Crippen LogP contribution in [0.15, 0.2) is 0 Å². The van der Waals surface area contributed by atoms with Crippen LogP contribution in [0.5, 0.6) is 0 Å². The maximum atomic E-state index is 10.7. The molecule has 2 heteroatoms. The Morgan fingerprint density at radius 2 is 1.42 bits per heavy atom. The van der Waals surface area contributed by atoms with Crippen LogP contribution in [0.1, 0.15) is 51.9 Å². The zero-order chi connectivity index (χ0) is 9.23. The van der Waals surface area contributed by atoms with E-state index in [4.69, 9.17) is 0 Å². The van der Waals surface area contributed by atoms with Crippen LogP contribution in [0, 0.1) is 0 Å². The van der Waals surface area contributed by atoms with Crippen molar-refractivity contribution in [3.63, 3.8) is 0 Å². The van der Waals surface area contributed by atoms with Crippen molar-refractivity contribution in [2.45, 2.75) is 51.9 Å². The summed E-state index contributed by atoms with van der Waals surface area (Å²) in [5.41, 5.74) is 0. The van der Waals surface area contributed by atoms with E-state index in [-0.39, 0.29) is 0 Å². The fourth-order valence-electron chi connectivity index (χ4n) is 1.26. The summed E-state index contributed by atoms with van der Waals surface area (Å²) in [5.74, 6) is 0.897. The molecule has 12 heavy (non-hydrogen) atoms. The van der Waals surface area contributed by atoms with Gasteiger partial charge in [0.05, 0.1) is 0 Å². The summed E-state index contributed by atoms with van der Waals surface area (Å²) in [6.07, 6.45) is 11.0. The van der Waals surface area contributed by atoms with E-state index in [9.17, 15) is 4.21 Å². The third-order valence-electron chi connectivity index (χ3n) is 2.04. The Labute approximate surface area is 79.4 Å². The van der Waals surface area contributed by atoms with E-state index in [1.165, 1.54) is 38.5 Å². The second kappa shape index (κ2) is 9.24. The molecule has 1 nitrogen and oxygen atoms in total. The molecule has 0 spiro atoms. The van der Waals surface area contributed by atoms with Gasteiger partial charge in [0, 0.05) is 22.8 Å². The second-order valence-corrected chi connectivity index (χ2v) is 4.95. The maximum absolute atomic E-state index is 10.7. The van der Waals surface area contributed by atoms with E-state index in [1.807, 2.05) is 0 Å². The molecular formula is C10H22OS. The van der Waals surface area contributed by atoms with Gasteiger partial charge in [0.1, 0.15) is 0 Å². The van der Waals surface area contributed by atoms with Crippen molar-refractivity contribution in [2.24, 2.45) is 0 Å². The molecule has 0 radical (unpaired) electrons. The third-order valence-corrected chi connectivity index (χ3v) is 2.90. The summed E-state index contributed by atoms with van der Waals surface area (Å²) in [6.45, 7) is 2.24. The summed E-state index contributed by atoms with van der Waals surface area (Å²) in [4.78, 5) is 0. The molecule has 0 amide bonds. The van der Waals surface area contributed by atoms with Crippen molar-refractivity contribution in [3.8, 4) is 0 Å². The first kappa shape index (κ1) is 12.2. The number of unbranched alkanes of at least 4 members (excludes halogenated alkanes) is 6. The Hall–Kier alpha value is 0.150. The smallest absolute Gasteiger partial charge is 0.0232 e. The summed E-state index contributed by atoms with van der Waals surface area (Å²) in [6, 6.07) is 0. The Kier molecular flexibility index (Phi) is 9.36. The van der Waals surface area contributed by atoms with Gasteiger partial charge in [-0.2, -0.15) is 0 Å². The lowest BCUT2D eigenvalue weighted by Crippen LogP contribution is -1.93. The largest absolute Gasteiger partial charge is 0.260 e. The quantitative estimate of drug-likeness (QED) is 0.537. The molecule has 0 bridgehead atoms. The van der Waals surface area contributed by atoms with Crippen LogP contribution in [-0.4, -0.2) is 16.2 Å². The predicted octanol–water partition coefficient (Wildman–Crippen LogP) is 3.12.